The molecule has 1 saturated heterocycles. The molecule has 1 radical (unpaired) electrons. The minimum Gasteiger partial charge on any atom is -0.196 e. The number of hydrogen-bond acceptors (Lipinski definition) is 2. The van der Waals surface area contributed by atoms with Crippen LogP contribution in [0.25, 0.3) is 0 Å². The largest absolute Gasteiger partial charge is 0.228 e. The predicted octanol–water partition coefficient (Wildman–Crippen LogP) is 0.682. The van der Waals surface area contributed by atoms with Crippen LogP contribution in [-0.2, 0) is 42.5 Å². The van der Waals surface area contributed by atoms with Crippen LogP contribution in [0.1, 0.15) is 13.8 Å². The number of hydrogen-bond donors (Lipinski definition) is 0. The van der Waals surface area contributed by atoms with Gasteiger partial charge in [0.2, 0.25) is 5.79 Å². The van der Waals surface area contributed by atoms with Crippen LogP contribution < -0.4 is 0 Å². The summed E-state index contributed by atoms with van der Waals surface area (Å²) in [6, 6.07) is 0. The summed E-state index contributed by atoms with van der Waals surface area (Å²) in [7, 11) is 0. The van der Waals surface area contributed by atoms with Crippen molar-refractivity contribution >= 4 is 0 Å². The molecule has 6 heavy (non-hydrogen) atoms. The zero-order valence-electron chi connectivity index (χ0n) is 3.89. The Balaban J connectivity index is 0.000000250. The van der Waals surface area contributed by atoms with Crippen molar-refractivity contribution < 1.29 is 42.5 Å². The fourth-order valence-corrected chi connectivity index (χ4v) is 0.0833. The van der Waals surface area contributed by atoms with Gasteiger partial charge in [-0.1, -0.05) is 0 Å². The van der Waals surface area contributed by atoms with E-state index in [1.165, 1.54) is 0 Å². The van der Waals surface area contributed by atoms with Crippen LogP contribution in [0.2, 0.25) is 0 Å². The van der Waals surface area contributed by atoms with E-state index in [9.17, 15) is 0 Å². The summed E-state index contributed by atoms with van der Waals surface area (Å²) in [5, 5.41) is 0. The molecule has 2 nitrogen and oxygen atoms in total. The minimum absolute atomic E-state index is 0. The molecule has 0 aromatic rings. The van der Waals surface area contributed by atoms with Gasteiger partial charge in [0.1, 0.15) is 0 Å². The Bertz CT molecular complexity index is 46.8. The first kappa shape index (κ1) is 7.02. The third-order valence-corrected chi connectivity index (χ3v) is 0.417. The Morgan fingerprint density at radius 2 is 1.33 bits per heavy atom. The molecule has 1 fully saturated rings. The molecule has 33 valence electrons. The average molecular weight is 163 g/mol. The summed E-state index contributed by atoms with van der Waals surface area (Å²) in [5.41, 5.74) is 0. The predicted molar refractivity (Wildman–Crippen MR) is 16.2 cm³/mol. The van der Waals surface area contributed by atoms with Gasteiger partial charge in [-0.25, -0.2) is 0 Å². The van der Waals surface area contributed by atoms with E-state index in [1.807, 2.05) is 13.8 Å². The van der Waals surface area contributed by atoms with Crippen molar-refractivity contribution in [1.29, 1.82) is 0 Å². The quantitative estimate of drug-likeness (QED) is 0.387. The van der Waals surface area contributed by atoms with Gasteiger partial charge >= 0.3 is 0 Å². The molecule has 0 aromatic carbocycles. The summed E-state index contributed by atoms with van der Waals surface area (Å²) >= 11 is 0. The molecule has 0 aromatic heterocycles. The summed E-state index contributed by atoms with van der Waals surface area (Å²) in [4.78, 5) is 8.79. The second-order valence-electron chi connectivity index (χ2n) is 1.57. The van der Waals surface area contributed by atoms with Gasteiger partial charge in [0, 0.05) is 32.7 Å². The standard InChI is InChI=1S/C3H6O2.Y/c1-3(2)4-5-3;/h1-2H3;. The zero-order valence-corrected chi connectivity index (χ0v) is 6.73. The van der Waals surface area contributed by atoms with Crippen molar-refractivity contribution in [3.05, 3.63) is 0 Å². The van der Waals surface area contributed by atoms with Gasteiger partial charge in [0.15, 0.2) is 0 Å². The van der Waals surface area contributed by atoms with Crippen LogP contribution in [0, 0.1) is 0 Å². The maximum atomic E-state index is 4.40. The smallest absolute Gasteiger partial charge is 0.196 e. The van der Waals surface area contributed by atoms with Crippen molar-refractivity contribution in [2.24, 2.45) is 0 Å². The molecule has 0 bridgehead atoms. The SMILES string of the molecule is CC1(C)OO1.[Y]. The van der Waals surface area contributed by atoms with E-state index < -0.39 is 0 Å². The molecule has 0 amide bonds. The Kier molecular flexibility index (Phi) is 2.19. The molecule has 0 spiro atoms. The first-order valence-corrected chi connectivity index (χ1v) is 1.57. The Morgan fingerprint density at radius 1 is 1.17 bits per heavy atom. The maximum Gasteiger partial charge on any atom is 0.228 e. The van der Waals surface area contributed by atoms with Crippen molar-refractivity contribution in [1.82, 2.24) is 0 Å². The van der Waals surface area contributed by atoms with Gasteiger partial charge in [-0.2, -0.15) is 9.78 Å². The monoisotopic (exact) mass is 163 g/mol. The Labute approximate surface area is 62.0 Å². The topological polar surface area (TPSA) is 25.1 Å². The van der Waals surface area contributed by atoms with Gasteiger partial charge in [-0.15, -0.1) is 0 Å². The van der Waals surface area contributed by atoms with Crippen LogP contribution in [-0.4, -0.2) is 5.79 Å². The van der Waals surface area contributed by atoms with Gasteiger partial charge in [0.25, 0.3) is 0 Å². The first-order chi connectivity index (χ1) is 2.21. The van der Waals surface area contributed by atoms with Gasteiger partial charge in [0.05, 0.1) is 0 Å². The molecule has 0 atom stereocenters. The molecule has 3 heteroatoms. The van der Waals surface area contributed by atoms with Gasteiger partial charge in [-0.3, -0.25) is 0 Å². The molecule has 1 rings (SSSR count). The summed E-state index contributed by atoms with van der Waals surface area (Å²) in [5.74, 6) is -0.250. The van der Waals surface area contributed by atoms with E-state index in [0.717, 1.165) is 0 Å². The van der Waals surface area contributed by atoms with Gasteiger partial charge in [-0.05, 0) is 13.8 Å². The summed E-state index contributed by atoms with van der Waals surface area (Å²) < 4.78 is 0. The second kappa shape index (κ2) is 1.87. The van der Waals surface area contributed by atoms with Crippen LogP contribution in [0.4, 0.5) is 0 Å². The van der Waals surface area contributed by atoms with E-state index in [0.29, 0.717) is 0 Å². The summed E-state index contributed by atoms with van der Waals surface area (Å²) in [6.45, 7) is 3.71. The molecular formula is C3H6O2Y. The van der Waals surface area contributed by atoms with E-state index in [1.54, 1.807) is 0 Å². The molecule has 0 unspecified atom stereocenters. The van der Waals surface area contributed by atoms with E-state index in [2.05, 4.69) is 9.78 Å². The maximum absolute atomic E-state index is 4.40. The van der Waals surface area contributed by atoms with Crippen molar-refractivity contribution in [2.75, 3.05) is 0 Å². The van der Waals surface area contributed by atoms with Crippen LogP contribution in [0.15, 0.2) is 0 Å². The van der Waals surface area contributed by atoms with Gasteiger partial charge < -0.3 is 0 Å². The van der Waals surface area contributed by atoms with E-state index in [4.69, 9.17) is 0 Å². The van der Waals surface area contributed by atoms with Crippen LogP contribution in [0.5, 0.6) is 0 Å². The van der Waals surface area contributed by atoms with Crippen LogP contribution >= 0.6 is 0 Å². The molecule has 0 N–H and O–H groups in total. The fourth-order valence-electron chi connectivity index (χ4n) is 0.0833. The third-order valence-electron chi connectivity index (χ3n) is 0.417. The normalized spacial score (nSPS) is 25.0. The Morgan fingerprint density at radius 3 is 1.33 bits per heavy atom. The molecule has 1 heterocycles. The molecule has 0 saturated carbocycles. The van der Waals surface area contributed by atoms with E-state index in [-0.39, 0.29) is 38.5 Å². The van der Waals surface area contributed by atoms with Crippen LogP contribution in [0.3, 0.4) is 0 Å². The summed E-state index contributed by atoms with van der Waals surface area (Å²) in [6.07, 6.45) is 0. The van der Waals surface area contributed by atoms with Crippen molar-refractivity contribution in [2.45, 2.75) is 19.6 Å². The molecule has 1 aliphatic heterocycles. The van der Waals surface area contributed by atoms with E-state index >= 15 is 0 Å². The van der Waals surface area contributed by atoms with Crippen molar-refractivity contribution in [3.63, 3.8) is 0 Å². The molecule has 1 aliphatic rings. The second-order valence-corrected chi connectivity index (χ2v) is 1.57. The van der Waals surface area contributed by atoms with Crippen molar-refractivity contribution in [3.8, 4) is 0 Å². The first-order valence-electron chi connectivity index (χ1n) is 1.57. The minimum atomic E-state index is -0.250. The molecule has 0 aliphatic carbocycles. The third kappa shape index (κ3) is 2.24. The average Bonchev–Trinajstić information content (AvgIpc) is 1.76. The fraction of sp³-hybridized carbons (Fsp3) is 1.00. The Hall–Kier alpha value is 1.02. The zero-order chi connectivity index (χ0) is 3.91. The molecular weight excluding hydrogens is 157 g/mol. The number of rotatable bonds is 0.